The first-order valence-electron chi connectivity index (χ1n) is 9.75. The molecule has 0 bridgehead atoms. The first-order valence-corrected chi connectivity index (χ1v) is 10.1. The third-order valence-corrected chi connectivity index (χ3v) is 5.02. The molecule has 1 amide bonds. The van der Waals surface area contributed by atoms with E-state index in [1.807, 2.05) is 32.0 Å². The van der Waals surface area contributed by atoms with E-state index in [-0.39, 0.29) is 24.9 Å². The number of aromatic nitrogens is 5. The number of benzene rings is 2. The normalized spacial score (nSPS) is 10.9. The number of hydrogen-bond acceptors (Lipinski definition) is 5. The maximum atomic E-state index is 13.2. The molecule has 0 fully saturated rings. The Kier molecular flexibility index (Phi) is 6.18. The van der Waals surface area contributed by atoms with Crippen molar-refractivity contribution >= 4 is 23.5 Å². The summed E-state index contributed by atoms with van der Waals surface area (Å²) in [5.41, 5.74) is 3.06. The number of halogens is 2. The zero-order chi connectivity index (χ0) is 22.7. The summed E-state index contributed by atoms with van der Waals surface area (Å²) in [6.45, 7) is 4.44. The van der Waals surface area contributed by atoms with Gasteiger partial charge in [0.2, 0.25) is 5.95 Å². The van der Waals surface area contributed by atoms with Crippen LogP contribution >= 0.6 is 11.6 Å². The van der Waals surface area contributed by atoms with Crippen LogP contribution in [0.5, 0.6) is 5.75 Å². The summed E-state index contributed by atoms with van der Waals surface area (Å²) in [6.07, 6.45) is 3.10. The van der Waals surface area contributed by atoms with Gasteiger partial charge in [-0.2, -0.15) is 5.10 Å². The van der Waals surface area contributed by atoms with Crippen LogP contribution in [0, 0.1) is 19.7 Å². The summed E-state index contributed by atoms with van der Waals surface area (Å²) in [4.78, 5) is 16.5. The zero-order valence-corrected chi connectivity index (χ0v) is 18.2. The standard InChI is InChI=1S/C22H20ClFN6O2/c1-14-3-6-20(15(2)9-14)32-13-29-8-7-19(27-29)21(31)26-22-25-12-30(28-22)11-16-4-5-17(24)10-18(16)23/h3-10,12H,11,13H2,1-2H3,(H,26,28,31). The predicted molar refractivity (Wildman–Crippen MR) is 117 cm³/mol. The number of carbonyl (C=O) groups excluding carboxylic acids is 1. The number of hydrogen-bond donors (Lipinski definition) is 1. The molecule has 1 N–H and O–H groups in total. The second-order valence-corrected chi connectivity index (χ2v) is 7.65. The van der Waals surface area contributed by atoms with Crippen molar-refractivity contribution in [3.8, 4) is 5.75 Å². The minimum atomic E-state index is -0.451. The van der Waals surface area contributed by atoms with Crippen LogP contribution < -0.4 is 10.1 Å². The maximum absolute atomic E-state index is 13.2. The van der Waals surface area contributed by atoms with Gasteiger partial charge in [0.15, 0.2) is 12.4 Å². The molecule has 10 heteroatoms. The van der Waals surface area contributed by atoms with Gasteiger partial charge in [-0.25, -0.2) is 18.7 Å². The Hall–Kier alpha value is -3.72. The zero-order valence-electron chi connectivity index (χ0n) is 17.4. The molecule has 0 unspecified atom stereocenters. The fourth-order valence-electron chi connectivity index (χ4n) is 3.07. The Morgan fingerprint density at radius 3 is 2.75 bits per heavy atom. The third-order valence-electron chi connectivity index (χ3n) is 4.67. The van der Waals surface area contributed by atoms with Crippen LogP contribution in [0.3, 0.4) is 0 Å². The highest BCUT2D eigenvalue weighted by Crippen LogP contribution is 2.19. The lowest BCUT2D eigenvalue weighted by Gasteiger charge is -2.09. The molecule has 8 nitrogen and oxygen atoms in total. The van der Waals surface area contributed by atoms with Gasteiger partial charge < -0.3 is 4.74 Å². The average molecular weight is 455 g/mol. The molecule has 0 aliphatic rings. The summed E-state index contributed by atoms with van der Waals surface area (Å²) in [6, 6.07) is 11.6. The summed E-state index contributed by atoms with van der Waals surface area (Å²) in [5.74, 6) is 0.0133. The van der Waals surface area contributed by atoms with E-state index in [1.165, 1.54) is 27.8 Å². The number of nitrogens with zero attached hydrogens (tertiary/aromatic N) is 5. The van der Waals surface area contributed by atoms with E-state index in [9.17, 15) is 9.18 Å². The molecule has 0 spiro atoms. The average Bonchev–Trinajstić information content (AvgIpc) is 3.39. The van der Waals surface area contributed by atoms with Gasteiger partial charge in [0.1, 0.15) is 17.9 Å². The van der Waals surface area contributed by atoms with Crippen molar-refractivity contribution in [2.75, 3.05) is 5.32 Å². The van der Waals surface area contributed by atoms with Crippen LogP contribution in [0.15, 0.2) is 55.0 Å². The molecule has 0 saturated carbocycles. The number of nitrogens with one attached hydrogen (secondary N) is 1. The van der Waals surface area contributed by atoms with E-state index in [2.05, 4.69) is 20.5 Å². The van der Waals surface area contributed by atoms with Gasteiger partial charge >= 0.3 is 0 Å². The van der Waals surface area contributed by atoms with E-state index >= 15 is 0 Å². The molecule has 164 valence electrons. The molecule has 0 aliphatic heterocycles. The second-order valence-electron chi connectivity index (χ2n) is 7.24. The highest BCUT2D eigenvalue weighted by molar-refractivity contribution is 6.31. The van der Waals surface area contributed by atoms with Crippen molar-refractivity contribution in [1.82, 2.24) is 24.5 Å². The van der Waals surface area contributed by atoms with E-state index in [0.717, 1.165) is 16.9 Å². The number of anilines is 1. The van der Waals surface area contributed by atoms with Gasteiger partial charge in [0, 0.05) is 11.2 Å². The van der Waals surface area contributed by atoms with Crippen LogP contribution in [-0.4, -0.2) is 30.5 Å². The van der Waals surface area contributed by atoms with Crippen LogP contribution in [0.2, 0.25) is 5.02 Å². The fraction of sp³-hybridized carbons (Fsp3) is 0.182. The summed E-state index contributed by atoms with van der Waals surface area (Å²) < 4.78 is 22.0. The Balaban J connectivity index is 1.35. The SMILES string of the molecule is Cc1ccc(OCn2ccc(C(=O)Nc3ncn(Cc4ccc(F)cc4Cl)n3)n2)c(C)c1. The molecule has 0 radical (unpaired) electrons. The number of carbonyl (C=O) groups is 1. The first-order chi connectivity index (χ1) is 15.4. The van der Waals surface area contributed by atoms with E-state index in [4.69, 9.17) is 16.3 Å². The Bertz CT molecular complexity index is 1270. The largest absolute Gasteiger partial charge is 0.471 e. The molecule has 2 aromatic heterocycles. The smallest absolute Gasteiger partial charge is 0.278 e. The first kappa shape index (κ1) is 21.5. The Morgan fingerprint density at radius 1 is 1.12 bits per heavy atom. The van der Waals surface area contributed by atoms with Crippen molar-refractivity contribution in [1.29, 1.82) is 0 Å². The lowest BCUT2D eigenvalue weighted by atomic mass is 10.1. The summed E-state index contributed by atoms with van der Waals surface area (Å²) in [7, 11) is 0. The number of rotatable bonds is 7. The van der Waals surface area contributed by atoms with Crippen molar-refractivity contribution in [2.45, 2.75) is 27.1 Å². The second kappa shape index (κ2) is 9.19. The maximum Gasteiger partial charge on any atom is 0.278 e. The molecule has 0 aliphatic carbocycles. The summed E-state index contributed by atoms with van der Waals surface area (Å²) >= 11 is 6.04. The van der Waals surface area contributed by atoms with Gasteiger partial charge in [-0.15, -0.1) is 5.10 Å². The topological polar surface area (TPSA) is 86.9 Å². The van der Waals surface area contributed by atoms with Gasteiger partial charge in [-0.05, 0) is 49.2 Å². The predicted octanol–water partition coefficient (Wildman–Crippen LogP) is 4.22. The molecule has 32 heavy (non-hydrogen) atoms. The van der Waals surface area contributed by atoms with Gasteiger partial charge in [-0.3, -0.25) is 10.1 Å². The van der Waals surface area contributed by atoms with Crippen molar-refractivity contribution in [3.63, 3.8) is 0 Å². The van der Waals surface area contributed by atoms with Crippen LogP contribution in [0.4, 0.5) is 10.3 Å². The molecule has 2 heterocycles. The Labute approximate surface area is 188 Å². The molecule has 0 atom stereocenters. The highest BCUT2D eigenvalue weighted by Gasteiger charge is 2.13. The van der Waals surface area contributed by atoms with E-state index in [0.29, 0.717) is 10.6 Å². The minimum absolute atomic E-state index is 0.120. The van der Waals surface area contributed by atoms with Gasteiger partial charge in [0.05, 0.1) is 6.54 Å². The molecule has 2 aromatic carbocycles. The molecular weight excluding hydrogens is 435 g/mol. The van der Waals surface area contributed by atoms with Crippen LogP contribution in [0.25, 0.3) is 0 Å². The molecule has 4 rings (SSSR count). The van der Waals surface area contributed by atoms with E-state index in [1.54, 1.807) is 18.3 Å². The summed E-state index contributed by atoms with van der Waals surface area (Å²) in [5, 5.41) is 11.3. The fourth-order valence-corrected chi connectivity index (χ4v) is 3.30. The number of ether oxygens (including phenoxy) is 1. The quantitative estimate of drug-likeness (QED) is 0.451. The van der Waals surface area contributed by atoms with Crippen LogP contribution in [0.1, 0.15) is 27.2 Å². The highest BCUT2D eigenvalue weighted by atomic mass is 35.5. The molecular formula is C22H20ClFN6O2. The third kappa shape index (κ3) is 5.12. The molecule has 0 saturated heterocycles. The Morgan fingerprint density at radius 2 is 1.97 bits per heavy atom. The molecule has 4 aromatic rings. The van der Waals surface area contributed by atoms with Crippen molar-refractivity contribution in [2.24, 2.45) is 0 Å². The monoisotopic (exact) mass is 454 g/mol. The van der Waals surface area contributed by atoms with Crippen molar-refractivity contribution < 1.29 is 13.9 Å². The van der Waals surface area contributed by atoms with Gasteiger partial charge in [-0.1, -0.05) is 35.4 Å². The van der Waals surface area contributed by atoms with E-state index < -0.39 is 11.7 Å². The lowest BCUT2D eigenvalue weighted by Crippen LogP contribution is -2.15. The lowest BCUT2D eigenvalue weighted by molar-refractivity contribution is 0.101. The minimum Gasteiger partial charge on any atom is -0.471 e. The van der Waals surface area contributed by atoms with Crippen LogP contribution in [-0.2, 0) is 13.3 Å². The van der Waals surface area contributed by atoms with Crippen molar-refractivity contribution in [3.05, 3.63) is 88.2 Å². The number of aryl methyl sites for hydroxylation is 2. The van der Waals surface area contributed by atoms with Gasteiger partial charge in [0.25, 0.3) is 5.91 Å². The number of amides is 1.